The standard InChI is InChI=1S/C20H31N5O2/c1-14(27-19-10-8-7-9-18(19)26-6)13-23-20(21-4)22-12-11-17-15(2)24-25(5)16(17)3/h7-10,14H,11-13H2,1-6H3,(H2,21,22,23). The maximum atomic E-state index is 5.96. The van der Waals surface area contributed by atoms with E-state index in [0.29, 0.717) is 6.54 Å². The summed E-state index contributed by atoms with van der Waals surface area (Å²) >= 11 is 0. The number of rotatable bonds is 8. The summed E-state index contributed by atoms with van der Waals surface area (Å²) in [6.45, 7) is 7.57. The third-order valence-corrected chi connectivity index (χ3v) is 4.50. The van der Waals surface area contributed by atoms with Crippen LogP contribution in [0.25, 0.3) is 0 Å². The molecule has 1 aromatic heterocycles. The van der Waals surface area contributed by atoms with Crippen molar-refractivity contribution in [3.05, 3.63) is 41.2 Å². The molecule has 2 rings (SSSR count). The first-order valence-electron chi connectivity index (χ1n) is 9.19. The van der Waals surface area contributed by atoms with E-state index in [9.17, 15) is 0 Å². The summed E-state index contributed by atoms with van der Waals surface area (Å²) in [7, 11) is 5.38. The van der Waals surface area contributed by atoms with Crippen LogP contribution in [0.5, 0.6) is 11.5 Å². The second-order valence-corrected chi connectivity index (χ2v) is 6.48. The van der Waals surface area contributed by atoms with Crippen molar-refractivity contribution in [3.63, 3.8) is 0 Å². The topological polar surface area (TPSA) is 72.7 Å². The fourth-order valence-corrected chi connectivity index (χ4v) is 2.92. The van der Waals surface area contributed by atoms with Crippen molar-refractivity contribution in [1.29, 1.82) is 0 Å². The monoisotopic (exact) mass is 373 g/mol. The summed E-state index contributed by atoms with van der Waals surface area (Å²) < 4.78 is 13.2. The van der Waals surface area contributed by atoms with Gasteiger partial charge in [-0.1, -0.05) is 12.1 Å². The highest BCUT2D eigenvalue weighted by Gasteiger charge is 2.11. The summed E-state index contributed by atoms with van der Waals surface area (Å²) in [5.41, 5.74) is 3.57. The first kappa shape index (κ1) is 20.6. The zero-order valence-electron chi connectivity index (χ0n) is 17.2. The first-order valence-corrected chi connectivity index (χ1v) is 9.19. The van der Waals surface area contributed by atoms with Crippen LogP contribution in [0.3, 0.4) is 0 Å². The lowest BCUT2D eigenvalue weighted by molar-refractivity contribution is 0.213. The highest BCUT2D eigenvalue weighted by molar-refractivity contribution is 5.79. The predicted octanol–water partition coefficient (Wildman–Crippen LogP) is 2.22. The lowest BCUT2D eigenvalue weighted by atomic mass is 10.1. The number of aromatic nitrogens is 2. The number of guanidine groups is 1. The third-order valence-electron chi connectivity index (χ3n) is 4.50. The van der Waals surface area contributed by atoms with E-state index in [-0.39, 0.29) is 6.10 Å². The van der Waals surface area contributed by atoms with E-state index < -0.39 is 0 Å². The van der Waals surface area contributed by atoms with E-state index in [1.165, 1.54) is 11.3 Å². The summed E-state index contributed by atoms with van der Waals surface area (Å²) in [5.74, 6) is 2.22. The number of ether oxygens (including phenoxy) is 2. The molecule has 1 unspecified atom stereocenters. The molecule has 148 valence electrons. The molecular formula is C20H31N5O2. The Hall–Kier alpha value is -2.70. The molecule has 7 heteroatoms. The van der Waals surface area contributed by atoms with Crippen LogP contribution in [0.4, 0.5) is 0 Å². The summed E-state index contributed by atoms with van der Waals surface area (Å²) in [6.07, 6.45) is 0.863. The van der Waals surface area contributed by atoms with Crippen molar-refractivity contribution in [3.8, 4) is 11.5 Å². The lowest BCUT2D eigenvalue weighted by Crippen LogP contribution is -2.42. The van der Waals surface area contributed by atoms with Crippen molar-refractivity contribution in [2.24, 2.45) is 12.0 Å². The number of hydrogen-bond acceptors (Lipinski definition) is 4. The average Bonchev–Trinajstić information content (AvgIpc) is 2.90. The zero-order valence-corrected chi connectivity index (χ0v) is 17.2. The van der Waals surface area contributed by atoms with E-state index in [1.54, 1.807) is 14.2 Å². The van der Waals surface area contributed by atoms with Crippen LogP contribution in [0.1, 0.15) is 23.9 Å². The number of hydrogen-bond donors (Lipinski definition) is 2. The molecule has 2 N–H and O–H groups in total. The Morgan fingerprint density at radius 1 is 1.22 bits per heavy atom. The number of methoxy groups -OCH3 is 1. The van der Waals surface area contributed by atoms with Gasteiger partial charge in [-0.05, 0) is 44.9 Å². The fraction of sp³-hybridized carbons (Fsp3) is 0.500. The van der Waals surface area contributed by atoms with Crippen LogP contribution in [0.2, 0.25) is 0 Å². The molecule has 0 fully saturated rings. The Bertz CT molecular complexity index is 770. The maximum Gasteiger partial charge on any atom is 0.191 e. The number of para-hydroxylation sites is 2. The predicted molar refractivity (Wildman–Crippen MR) is 109 cm³/mol. The van der Waals surface area contributed by atoms with Crippen LogP contribution in [-0.2, 0) is 13.5 Å². The van der Waals surface area contributed by atoms with Gasteiger partial charge < -0.3 is 20.1 Å². The molecule has 0 spiro atoms. The van der Waals surface area contributed by atoms with Gasteiger partial charge in [0.1, 0.15) is 6.10 Å². The van der Waals surface area contributed by atoms with Crippen molar-refractivity contribution in [1.82, 2.24) is 20.4 Å². The Kier molecular flexibility index (Phi) is 7.52. The smallest absolute Gasteiger partial charge is 0.191 e. The van der Waals surface area contributed by atoms with Gasteiger partial charge in [-0.2, -0.15) is 5.10 Å². The molecule has 0 amide bonds. The number of aryl methyl sites for hydroxylation is 2. The Balaban J connectivity index is 1.79. The molecule has 1 atom stereocenters. The van der Waals surface area contributed by atoms with E-state index in [4.69, 9.17) is 9.47 Å². The molecule has 27 heavy (non-hydrogen) atoms. The highest BCUT2D eigenvalue weighted by Crippen LogP contribution is 2.26. The van der Waals surface area contributed by atoms with Gasteiger partial charge in [-0.3, -0.25) is 9.67 Å². The van der Waals surface area contributed by atoms with Gasteiger partial charge in [0.25, 0.3) is 0 Å². The highest BCUT2D eigenvalue weighted by atomic mass is 16.5. The quantitative estimate of drug-likeness (QED) is 0.548. The largest absolute Gasteiger partial charge is 0.493 e. The van der Waals surface area contributed by atoms with Gasteiger partial charge in [-0.15, -0.1) is 0 Å². The van der Waals surface area contributed by atoms with Crippen LogP contribution < -0.4 is 20.1 Å². The van der Waals surface area contributed by atoms with E-state index in [0.717, 1.165) is 36.1 Å². The maximum absolute atomic E-state index is 5.96. The van der Waals surface area contributed by atoms with Gasteiger partial charge in [0.05, 0.1) is 19.3 Å². The molecule has 0 saturated heterocycles. The van der Waals surface area contributed by atoms with Crippen molar-refractivity contribution in [2.45, 2.75) is 33.3 Å². The second kappa shape index (κ2) is 9.85. The normalized spacial score (nSPS) is 12.6. The second-order valence-electron chi connectivity index (χ2n) is 6.48. The molecule has 0 aliphatic carbocycles. The molecule has 7 nitrogen and oxygen atoms in total. The summed E-state index contributed by atoms with van der Waals surface area (Å²) in [4.78, 5) is 4.28. The molecule has 1 aromatic carbocycles. The average molecular weight is 374 g/mol. The van der Waals surface area contributed by atoms with Crippen LogP contribution in [0.15, 0.2) is 29.3 Å². The molecule has 0 aliphatic rings. The lowest BCUT2D eigenvalue weighted by Gasteiger charge is -2.19. The minimum atomic E-state index is -0.0392. The van der Waals surface area contributed by atoms with E-state index in [1.807, 2.05) is 49.8 Å². The number of nitrogens with one attached hydrogen (secondary N) is 2. The van der Waals surface area contributed by atoms with E-state index >= 15 is 0 Å². The molecule has 0 saturated carbocycles. The van der Waals surface area contributed by atoms with Crippen LogP contribution in [-0.4, -0.2) is 49.1 Å². The van der Waals surface area contributed by atoms with Gasteiger partial charge >= 0.3 is 0 Å². The minimum Gasteiger partial charge on any atom is -0.493 e. The van der Waals surface area contributed by atoms with Gasteiger partial charge in [0.2, 0.25) is 0 Å². The van der Waals surface area contributed by atoms with Crippen LogP contribution in [0, 0.1) is 13.8 Å². The Morgan fingerprint density at radius 3 is 2.52 bits per heavy atom. The number of nitrogens with zero attached hydrogens (tertiary/aromatic N) is 3. The van der Waals surface area contributed by atoms with Crippen molar-refractivity contribution in [2.75, 3.05) is 27.2 Å². The molecule has 0 aliphatic heterocycles. The SMILES string of the molecule is CN=C(NCCc1c(C)nn(C)c1C)NCC(C)Oc1ccccc1OC. The first-order chi connectivity index (χ1) is 13.0. The molecule has 0 radical (unpaired) electrons. The summed E-state index contributed by atoms with van der Waals surface area (Å²) in [6, 6.07) is 7.65. The third kappa shape index (κ3) is 5.64. The van der Waals surface area contributed by atoms with E-state index in [2.05, 4.69) is 27.6 Å². The van der Waals surface area contributed by atoms with Gasteiger partial charge in [-0.25, -0.2) is 0 Å². The molecular weight excluding hydrogens is 342 g/mol. The summed E-state index contributed by atoms with van der Waals surface area (Å²) in [5, 5.41) is 11.1. The van der Waals surface area contributed by atoms with Gasteiger partial charge in [0.15, 0.2) is 17.5 Å². The molecule has 1 heterocycles. The minimum absolute atomic E-state index is 0.0392. The van der Waals surface area contributed by atoms with Gasteiger partial charge in [0, 0.05) is 26.3 Å². The van der Waals surface area contributed by atoms with Crippen molar-refractivity contribution < 1.29 is 9.47 Å². The Labute approximate surface area is 161 Å². The Morgan fingerprint density at radius 2 is 1.93 bits per heavy atom. The fourth-order valence-electron chi connectivity index (χ4n) is 2.92. The molecule has 2 aromatic rings. The zero-order chi connectivity index (χ0) is 19.8. The van der Waals surface area contributed by atoms with Crippen LogP contribution >= 0.6 is 0 Å². The molecule has 0 bridgehead atoms. The van der Waals surface area contributed by atoms with Crippen molar-refractivity contribution >= 4 is 5.96 Å². The number of aliphatic imine (C=N–C) groups is 1. The number of benzene rings is 1.